The molecule has 94 valence electrons. The normalized spacial score (nSPS) is 10.5. The van der Waals surface area contributed by atoms with E-state index in [1.165, 1.54) is 4.90 Å². The van der Waals surface area contributed by atoms with Gasteiger partial charge in [0.15, 0.2) is 0 Å². The summed E-state index contributed by atoms with van der Waals surface area (Å²) in [5.74, 6) is 0.830. The highest BCUT2D eigenvalue weighted by Crippen LogP contribution is 2.21. The van der Waals surface area contributed by atoms with Crippen molar-refractivity contribution in [1.29, 1.82) is 0 Å². The molecule has 3 rings (SSSR count). The van der Waals surface area contributed by atoms with Crippen molar-refractivity contribution in [2.45, 2.75) is 10.6 Å². The molecule has 0 aliphatic carbocycles. The molecule has 0 fully saturated rings. The molecule has 0 bridgehead atoms. The predicted molar refractivity (Wildman–Crippen MR) is 77.4 cm³/mol. The molecule has 3 nitrogen and oxygen atoms in total. The highest BCUT2D eigenvalue weighted by Gasteiger charge is 2.03. The van der Waals surface area contributed by atoms with E-state index in [1.807, 2.05) is 54.7 Å². The van der Waals surface area contributed by atoms with Crippen molar-refractivity contribution < 1.29 is 0 Å². The molecule has 0 aliphatic heterocycles. The number of hydrogen-bond acceptors (Lipinski definition) is 3. The van der Waals surface area contributed by atoms with Crippen LogP contribution >= 0.6 is 11.8 Å². The van der Waals surface area contributed by atoms with E-state index in [1.54, 1.807) is 16.4 Å². The number of nitrogens with zero attached hydrogens (tertiary/aromatic N) is 3. The second kappa shape index (κ2) is 5.71. The average molecular weight is 267 g/mol. The molecule has 0 saturated heterocycles. The minimum atomic E-state index is 0.830. The Morgan fingerprint density at radius 3 is 2.32 bits per heavy atom. The van der Waals surface area contributed by atoms with Gasteiger partial charge in [0.1, 0.15) is 0 Å². The molecule has 0 unspecified atom stereocenters. The molecule has 3 aromatic rings. The fourth-order valence-corrected chi connectivity index (χ4v) is 2.54. The summed E-state index contributed by atoms with van der Waals surface area (Å²) in [6, 6.07) is 20.3. The van der Waals surface area contributed by atoms with Gasteiger partial charge in [-0.1, -0.05) is 41.6 Å². The van der Waals surface area contributed by atoms with Crippen LogP contribution in [-0.4, -0.2) is 15.0 Å². The lowest BCUT2D eigenvalue weighted by Crippen LogP contribution is -1.93. The zero-order valence-corrected chi connectivity index (χ0v) is 11.1. The molecular formula is C15H13N3S. The van der Waals surface area contributed by atoms with E-state index in [2.05, 4.69) is 22.4 Å². The predicted octanol–water partition coefficient (Wildman–Crippen LogP) is 3.56. The van der Waals surface area contributed by atoms with Crippen LogP contribution in [-0.2, 0) is 5.75 Å². The van der Waals surface area contributed by atoms with Gasteiger partial charge in [-0.15, -0.1) is 16.9 Å². The van der Waals surface area contributed by atoms with Crippen LogP contribution in [0.1, 0.15) is 5.69 Å². The first-order valence-electron chi connectivity index (χ1n) is 6.06. The lowest BCUT2D eigenvalue weighted by Gasteiger charge is -1.98. The third-order valence-electron chi connectivity index (χ3n) is 2.69. The van der Waals surface area contributed by atoms with E-state index in [-0.39, 0.29) is 0 Å². The lowest BCUT2D eigenvalue weighted by molar-refractivity contribution is 0.800. The minimum Gasteiger partial charge on any atom is -0.220 e. The van der Waals surface area contributed by atoms with Crippen LogP contribution in [0.2, 0.25) is 0 Å². The highest BCUT2D eigenvalue weighted by atomic mass is 32.2. The molecule has 0 atom stereocenters. The summed E-state index contributed by atoms with van der Waals surface area (Å²) < 4.78 is 1.81. The Kier molecular flexibility index (Phi) is 3.61. The molecule has 1 aromatic heterocycles. The molecule has 0 amide bonds. The van der Waals surface area contributed by atoms with Gasteiger partial charge in [0.2, 0.25) is 0 Å². The number of aromatic nitrogens is 3. The smallest absolute Gasteiger partial charge is 0.0934 e. The van der Waals surface area contributed by atoms with Gasteiger partial charge >= 0.3 is 0 Å². The Hall–Kier alpha value is -2.07. The van der Waals surface area contributed by atoms with Crippen molar-refractivity contribution in [1.82, 2.24) is 15.0 Å². The zero-order chi connectivity index (χ0) is 12.9. The van der Waals surface area contributed by atoms with Gasteiger partial charge in [0.25, 0.3) is 0 Å². The van der Waals surface area contributed by atoms with Crippen LogP contribution in [0.15, 0.2) is 71.8 Å². The molecule has 1 heterocycles. The molecule has 0 aliphatic rings. The van der Waals surface area contributed by atoms with E-state index >= 15 is 0 Å². The van der Waals surface area contributed by atoms with Crippen molar-refractivity contribution in [3.8, 4) is 5.69 Å². The number of hydrogen-bond donors (Lipinski definition) is 0. The van der Waals surface area contributed by atoms with Crippen molar-refractivity contribution >= 4 is 11.8 Å². The summed E-state index contributed by atoms with van der Waals surface area (Å²) in [6.07, 6.45) is 1.98. The maximum absolute atomic E-state index is 4.20. The lowest BCUT2D eigenvalue weighted by atomic mass is 10.3. The maximum atomic E-state index is 4.20. The molecule has 2 aromatic carbocycles. The third kappa shape index (κ3) is 3.03. The maximum Gasteiger partial charge on any atom is 0.0934 e. The summed E-state index contributed by atoms with van der Waals surface area (Å²) in [5, 5.41) is 8.35. The van der Waals surface area contributed by atoms with Crippen LogP contribution in [0, 0.1) is 0 Å². The first kappa shape index (κ1) is 12.0. The second-order valence-corrected chi connectivity index (χ2v) is 5.14. The van der Waals surface area contributed by atoms with Crippen molar-refractivity contribution in [2.24, 2.45) is 0 Å². The Labute approximate surface area is 116 Å². The van der Waals surface area contributed by atoms with E-state index < -0.39 is 0 Å². The van der Waals surface area contributed by atoms with Gasteiger partial charge in [-0.25, -0.2) is 4.68 Å². The molecular weight excluding hydrogens is 254 g/mol. The fourth-order valence-electron chi connectivity index (χ4n) is 1.75. The van der Waals surface area contributed by atoms with Crippen LogP contribution in [0.25, 0.3) is 5.69 Å². The molecule has 0 radical (unpaired) electrons. The minimum absolute atomic E-state index is 0.830. The number of para-hydroxylation sites is 1. The topological polar surface area (TPSA) is 30.7 Å². The Morgan fingerprint density at radius 2 is 1.58 bits per heavy atom. The van der Waals surface area contributed by atoms with E-state index in [4.69, 9.17) is 0 Å². The largest absolute Gasteiger partial charge is 0.220 e. The quantitative estimate of drug-likeness (QED) is 0.677. The van der Waals surface area contributed by atoms with Gasteiger partial charge in [0.05, 0.1) is 17.6 Å². The second-order valence-electron chi connectivity index (χ2n) is 4.09. The Balaban J connectivity index is 1.69. The van der Waals surface area contributed by atoms with Gasteiger partial charge in [-0.05, 0) is 24.3 Å². The summed E-state index contributed by atoms with van der Waals surface area (Å²) in [7, 11) is 0. The van der Waals surface area contributed by atoms with Crippen LogP contribution < -0.4 is 0 Å². The van der Waals surface area contributed by atoms with Crippen molar-refractivity contribution in [3.05, 3.63) is 72.6 Å². The van der Waals surface area contributed by atoms with E-state index in [0.29, 0.717) is 0 Å². The SMILES string of the molecule is c1ccc(SCc2cn(-c3ccccc3)nn2)cc1. The Morgan fingerprint density at radius 1 is 0.895 bits per heavy atom. The standard InChI is InChI=1S/C15H13N3S/c1-3-7-14(8-4-1)18-11-13(16-17-18)12-19-15-9-5-2-6-10-15/h1-11H,12H2. The van der Waals surface area contributed by atoms with Crippen LogP contribution in [0.5, 0.6) is 0 Å². The van der Waals surface area contributed by atoms with E-state index in [9.17, 15) is 0 Å². The summed E-state index contributed by atoms with van der Waals surface area (Å²) in [6.45, 7) is 0. The molecule has 4 heteroatoms. The van der Waals surface area contributed by atoms with Gasteiger partial charge < -0.3 is 0 Å². The van der Waals surface area contributed by atoms with Gasteiger partial charge in [0, 0.05) is 10.6 Å². The highest BCUT2D eigenvalue weighted by molar-refractivity contribution is 7.98. The zero-order valence-electron chi connectivity index (χ0n) is 10.3. The van der Waals surface area contributed by atoms with E-state index in [0.717, 1.165) is 17.1 Å². The van der Waals surface area contributed by atoms with Crippen molar-refractivity contribution in [2.75, 3.05) is 0 Å². The molecule has 0 spiro atoms. The molecule has 0 N–H and O–H groups in total. The van der Waals surface area contributed by atoms with Crippen molar-refractivity contribution in [3.63, 3.8) is 0 Å². The summed E-state index contributed by atoms with van der Waals surface area (Å²) in [4.78, 5) is 1.25. The first-order valence-corrected chi connectivity index (χ1v) is 7.05. The summed E-state index contributed by atoms with van der Waals surface area (Å²) >= 11 is 1.77. The first-order chi connectivity index (χ1) is 9.42. The Bertz CT molecular complexity index is 635. The van der Waals surface area contributed by atoms with Crippen LogP contribution in [0.3, 0.4) is 0 Å². The van der Waals surface area contributed by atoms with Crippen LogP contribution in [0.4, 0.5) is 0 Å². The van der Waals surface area contributed by atoms with Gasteiger partial charge in [-0.2, -0.15) is 0 Å². The number of thioether (sulfide) groups is 1. The average Bonchev–Trinajstić information content (AvgIpc) is 2.96. The third-order valence-corrected chi connectivity index (χ3v) is 3.74. The number of rotatable bonds is 4. The fraction of sp³-hybridized carbons (Fsp3) is 0.0667. The molecule has 0 saturated carbocycles. The van der Waals surface area contributed by atoms with Gasteiger partial charge in [-0.3, -0.25) is 0 Å². The monoisotopic (exact) mass is 267 g/mol. The summed E-state index contributed by atoms with van der Waals surface area (Å²) in [5.41, 5.74) is 2.02. The number of benzene rings is 2. The molecule has 19 heavy (non-hydrogen) atoms.